The summed E-state index contributed by atoms with van der Waals surface area (Å²) in [6.07, 6.45) is 0.506. The van der Waals surface area contributed by atoms with Crippen molar-refractivity contribution in [2.24, 2.45) is 11.8 Å². The van der Waals surface area contributed by atoms with Crippen molar-refractivity contribution in [1.82, 2.24) is 10.2 Å². The first-order valence-electron chi connectivity index (χ1n) is 10.7. The minimum absolute atomic E-state index is 0.152. The lowest BCUT2D eigenvalue weighted by Crippen LogP contribution is -2.53. The largest absolute Gasteiger partial charge is 0.481 e. The number of amides is 3. The molecule has 3 amide bonds. The average molecular weight is 433 g/mol. The van der Waals surface area contributed by atoms with Crippen molar-refractivity contribution >= 4 is 29.4 Å². The summed E-state index contributed by atoms with van der Waals surface area (Å²) in [5.41, 5.74) is 0.859. The van der Waals surface area contributed by atoms with Crippen LogP contribution in [0, 0.1) is 11.8 Å². The normalized spacial score (nSPS) is 28.2. The summed E-state index contributed by atoms with van der Waals surface area (Å²) in [7, 11) is 0. The van der Waals surface area contributed by atoms with E-state index in [2.05, 4.69) is 10.6 Å². The van der Waals surface area contributed by atoms with Crippen molar-refractivity contribution in [2.75, 3.05) is 11.9 Å². The van der Waals surface area contributed by atoms with Crippen LogP contribution >= 0.6 is 0 Å². The fourth-order valence-corrected chi connectivity index (χ4v) is 5.45. The number of carbonyl (C=O) groups is 4. The summed E-state index contributed by atoms with van der Waals surface area (Å²) < 4.78 is 0. The summed E-state index contributed by atoms with van der Waals surface area (Å²) >= 11 is 0. The van der Waals surface area contributed by atoms with Crippen molar-refractivity contribution in [3.05, 3.63) is 65.7 Å². The molecule has 2 saturated heterocycles. The van der Waals surface area contributed by atoms with Crippen LogP contribution in [0.25, 0.3) is 0 Å². The second-order valence-electron chi connectivity index (χ2n) is 8.56. The Bertz CT molecular complexity index is 1120. The molecule has 0 aromatic heterocycles. The number of carboxylic acids is 1. The fraction of sp³-hybridized carbons (Fsp3) is 0.333. The number of carbonyl (C=O) groups excluding carboxylic acids is 3. The van der Waals surface area contributed by atoms with Crippen molar-refractivity contribution in [3.8, 4) is 0 Å². The van der Waals surface area contributed by atoms with Gasteiger partial charge < -0.3 is 10.4 Å². The lowest BCUT2D eigenvalue weighted by Gasteiger charge is -2.29. The zero-order valence-electron chi connectivity index (χ0n) is 17.3. The van der Waals surface area contributed by atoms with Gasteiger partial charge in [0.15, 0.2) is 0 Å². The quantitative estimate of drug-likeness (QED) is 0.595. The first-order chi connectivity index (χ1) is 15.4. The van der Waals surface area contributed by atoms with E-state index >= 15 is 0 Å². The molecule has 3 aliphatic rings. The molecule has 0 saturated carbocycles. The second kappa shape index (κ2) is 7.56. The maximum absolute atomic E-state index is 13.6. The number of nitrogens with one attached hydrogen (secondary N) is 2. The van der Waals surface area contributed by atoms with E-state index in [0.29, 0.717) is 17.7 Å². The molecule has 3 aliphatic heterocycles. The van der Waals surface area contributed by atoms with Crippen LogP contribution in [0.15, 0.2) is 54.6 Å². The number of anilines is 1. The number of aliphatic carboxylic acids is 1. The van der Waals surface area contributed by atoms with Crippen molar-refractivity contribution in [2.45, 2.75) is 30.8 Å². The van der Waals surface area contributed by atoms with Crippen LogP contribution in [0.3, 0.4) is 0 Å². The van der Waals surface area contributed by atoms with E-state index in [9.17, 15) is 24.3 Å². The number of para-hydroxylation sites is 1. The average Bonchev–Trinajstić information content (AvgIpc) is 3.36. The third kappa shape index (κ3) is 2.94. The highest BCUT2D eigenvalue weighted by atomic mass is 16.4. The number of nitrogens with zero attached hydrogens (tertiary/aromatic N) is 1. The number of likely N-dealkylation sites (tertiary alicyclic amines) is 1. The number of benzene rings is 2. The van der Waals surface area contributed by atoms with E-state index < -0.39 is 29.4 Å². The minimum atomic E-state index is -1.38. The van der Waals surface area contributed by atoms with Crippen LogP contribution in [0.2, 0.25) is 0 Å². The predicted molar refractivity (Wildman–Crippen MR) is 114 cm³/mol. The van der Waals surface area contributed by atoms with E-state index in [4.69, 9.17) is 0 Å². The molecule has 0 aliphatic carbocycles. The number of hydrogen-bond acceptors (Lipinski definition) is 5. The molecule has 32 heavy (non-hydrogen) atoms. The standard InChI is InChI=1S/C24H23N3O5/c28-18(29)11-10-17-19-20(24(26-17)15-8-4-5-9-16(15)25-23(24)32)22(31)27(21(19)30)13-12-14-6-2-1-3-7-14/h1-9,17,19-20,26H,10-13H2,(H,25,32)(H,28,29)/t17-,19-,20+,24-/m1/s1. The van der Waals surface area contributed by atoms with Gasteiger partial charge in [0.2, 0.25) is 17.7 Å². The van der Waals surface area contributed by atoms with E-state index in [-0.39, 0.29) is 37.1 Å². The summed E-state index contributed by atoms with van der Waals surface area (Å²) in [6.45, 7) is 0.222. The van der Waals surface area contributed by atoms with Crippen LogP contribution in [0.5, 0.6) is 0 Å². The molecule has 3 heterocycles. The first kappa shape index (κ1) is 20.4. The molecule has 2 aromatic rings. The zero-order valence-corrected chi connectivity index (χ0v) is 17.3. The number of fused-ring (bicyclic) bond motifs is 4. The fourth-order valence-electron chi connectivity index (χ4n) is 5.45. The van der Waals surface area contributed by atoms with Gasteiger partial charge in [-0.05, 0) is 24.5 Å². The Morgan fingerprint density at radius 2 is 1.72 bits per heavy atom. The SMILES string of the molecule is O=C(O)CC[C@H]1N[C@@]2(C(=O)Nc3ccccc32)[C@@H]2C(=O)N(CCc3ccccc3)C(=O)[C@@H]21. The van der Waals surface area contributed by atoms with Crippen molar-refractivity contribution in [3.63, 3.8) is 0 Å². The van der Waals surface area contributed by atoms with Gasteiger partial charge in [-0.15, -0.1) is 0 Å². The third-order valence-electron chi connectivity index (χ3n) is 6.85. The highest BCUT2D eigenvalue weighted by molar-refractivity contribution is 6.15. The Hall–Kier alpha value is -3.52. The molecule has 0 radical (unpaired) electrons. The molecule has 0 bridgehead atoms. The second-order valence-corrected chi connectivity index (χ2v) is 8.56. The minimum Gasteiger partial charge on any atom is -0.481 e. The molecule has 1 spiro atoms. The highest BCUT2D eigenvalue weighted by Crippen LogP contribution is 2.53. The molecule has 3 N–H and O–H groups in total. The number of rotatable bonds is 6. The van der Waals surface area contributed by atoms with E-state index in [1.54, 1.807) is 24.3 Å². The molecule has 8 heteroatoms. The zero-order chi connectivity index (χ0) is 22.5. The van der Waals surface area contributed by atoms with E-state index in [0.717, 1.165) is 5.56 Å². The van der Waals surface area contributed by atoms with Gasteiger partial charge in [0, 0.05) is 30.3 Å². The first-order valence-corrected chi connectivity index (χ1v) is 10.7. The van der Waals surface area contributed by atoms with Crippen LogP contribution in [-0.2, 0) is 31.1 Å². The molecule has 2 aromatic carbocycles. The Labute approximate surface area is 184 Å². The van der Waals surface area contributed by atoms with Crippen LogP contribution < -0.4 is 10.6 Å². The van der Waals surface area contributed by atoms with Crippen LogP contribution in [-0.4, -0.2) is 46.3 Å². The smallest absolute Gasteiger partial charge is 0.303 e. The molecule has 5 rings (SSSR count). The molecule has 4 atom stereocenters. The number of hydrogen-bond donors (Lipinski definition) is 3. The van der Waals surface area contributed by atoms with E-state index in [1.165, 1.54) is 4.90 Å². The van der Waals surface area contributed by atoms with Crippen LogP contribution in [0.4, 0.5) is 5.69 Å². The maximum atomic E-state index is 13.6. The van der Waals surface area contributed by atoms with Gasteiger partial charge in [0.05, 0.1) is 11.8 Å². The lowest BCUT2D eigenvalue weighted by molar-refractivity contribution is -0.143. The maximum Gasteiger partial charge on any atom is 0.303 e. The molecule has 164 valence electrons. The Balaban J connectivity index is 1.51. The molecule has 2 fully saturated rings. The highest BCUT2D eigenvalue weighted by Gasteiger charge is 2.70. The topological polar surface area (TPSA) is 116 Å². The summed E-state index contributed by atoms with van der Waals surface area (Å²) in [5.74, 6) is -3.78. The Morgan fingerprint density at radius 1 is 1.00 bits per heavy atom. The summed E-state index contributed by atoms with van der Waals surface area (Å²) in [6, 6.07) is 16.1. The number of carboxylic acid groups (broad SMARTS) is 1. The van der Waals surface area contributed by atoms with Gasteiger partial charge in [-0.25, -0.2) is 0 Å². The predicted octanol–water partition coefficient (Wildman–Crippen LogP) is 1.51. The Kier molecular flexibility index (Phi) is 4.82. The molecular formula is C24H23N3O5. The van der Waals surface area contributed by atoms with Gasteiger partial charge in [0.1, 0.15) is 5.54 Å². The van der Waals surface area contributed by atoms with E-state index in [1.807, 2.05) is 30.3 Å². The third-order valence-corrected chi connectivity index (χ3v) is 6.85. The number of imide groups is 1. The molecular weight excluding hydrogens is 410 g/mol. The Morgan fingerprint density at radius 3 is 2.47 bits per heavy atom. The monoisotopic (exact) mass is 433 g/mol. The van der Waals surface area contributed by atoms with Gasteiger partial charge in [0.25, 0.3) is 0 Å². The van der Waals surface area contributed by atoms with Gasteiger partial charge in [-0.2, -0.15) is 0 Å². The van der Waals surface area contributed by atoms with Crippen LogP contribution in [0.1, 0.15) is 24.0 Å². The lowest BCUT2D eigenvalue weighted by atomic mass is 9.76. The molecule has 0 unspecified atom stereocenters. The van der Waals surface area contributed by atoms with Gasteiger partial charge in [-0.1, -0.05) is 48.5 Å². The van der Waals surface area contributed by atoms with Gasteiger partial charge in [-0.3, -0.25) is 29.4 Å². The van der Waals surface area contributed by atoms with Gasteiger partial charge >= 0.3 is 5.97 Å². The van der Waals surface area contributed by atoms with Crippen molar-refractivity contribution < 1.29 is 24.3 Å². The summed E-state index contributed by atoms with van der Waals surface area (Å²) in [4.78, 5) is 52.7. The van der Waals surface area contributed by atoms with Crippen molar-refractivity contribution in [1.29, 1.82) is 0 Å². The summed E-state index contributed by atoms with van der Waals surface area (Å²) in [5, 5.41) is 15.3. The molecule has 8 nitrogen and oxygen atoms in total.